The fraction of sp³-hybridized carbons (Fsp3) is 0.333. The molecule has 0 unspecified atom stereocenters. The number of anilines is 3. The van der Waals surface area contributed by atoms with Crippen molar-refractivity contribution in [2.75, 3.05) is 16.8 Å². The van der Waals surface area contributed by atoms with Crippen LogP contribution in [-0.4, -0.2) is 36.8 Å². The van der Waals surface area contributed by atoms with Crippen molar-refractivity contribution in [2.45, 2.75) is 39.0 Å². The van der Waals surface area contributed by atoms with Crippen LogP contribution in [0.2, 0.25) is 0 Å². The van der Waals surface area contributed by atoms with E-state index in [1.807, 2.05) is 53.1 Å². The van der Waals surface area contributed by atoms with E-state index in [1.54, 1.807) is 17.8 Å². The summed E-state index contributed by atoms with van der Waals surface area (Å²) in [4.78, 5) is 18.7. The second-order valence-corrected chi connectivity index (χ2v) is 9.05. The first-order valence-corrected chi connectivity index (χ1v) is 10.9. The van der Waals surface area contributed by atoms with Crippen LogP contribution < -0.4 is 10.2 Å². The van der Waals surface area contributed by atoms with Gasteiger partial charge in [0.1, 0.15) is 0 Å². The number of aromatic nitrogens is 5. The largest absolute Gasteiger partial charge is 0.323 e. The zero-order valence-electron chi connectivity index (χ0n) is 18.8. The predicted molar refractivity (Wildman–Crippen MR) is 125 cm³/mol. The van der Waals surface area contributed by atoms with E-state index in [4.69, 9.17) is 5.10 Å². The Hall–Kier alpha value is -3.68. The zero-order chi connectivity index (χ0) is 22.5. The Morgan fingerprint density at radius 3 is 2.75 bits per heavy atom. The van der Waals surface area contributed by atoms with Gasteiger partial charge in [-0.1, -0.05) is 19.9 Å². The first-order chi connectivity index (χ1) is 15.3. The summed E-state index contributed by atoms with van der Waals surface area (Å²) in [7, 11) is 1.89. The summed E-state index contributed by atoms with van der Waals surface area (Å²) in [5, 5.41) is 12.3. The van der Waals surface area contributed by atoms with Crippen LogP contribution in [0.1, 0.15) is 39.2 Å². The number of nitrogens with one attached hydrogen (secondary N) is 1. The van der Waals surface area contributed by atoms with Crippen molar-refractivity contribution >= 4 is 28.7 Å². The van der Waals surface area contributed by atoms with E-state index in [-0.39, 0.29) is 11.3 Å². The molecule has 0 saturated carbocycles. The molecule has 3 aromatic heterocycles. The number of carbonyl (C=O) groups is 1. The number of carbonyl (C=O) groups excluding carboxylic acids is 1. The van der Waals surface area contributed by atoms with E-state index in [1.165, 1.54) is 5.56 Å². The first kappa shape index (κ1) is 20.2. The van der Waals surface area contributed by atoms with Gasteiger partial charge in [0, 0.05) is 43.7 Å². The summed E-state index contributed by atoms with van der Waals surface area (Å²) >= 11 is 0. The number of hydrogen-bond acceptors (Lipinski definition) is 5. The molecule has 0 atom stereocenters. The van der Waals surface area contributed by atoms with Gasteiger partial charge < -0.3 is 10.2 Å². The highest BCUT2D eigenvalue weighted by molar-refractivity contribution is 5.93. The monoisotopic (exact) mass is 429 g/mol. The molecule has 5 rings (SSSR count). The molecule has 0 fully saturated rings. The summed E-state index contributed by atoms with van der Waals surface area (Å²) in [6.07, 6.45) is 7.60. The average molecular weight is 430 g/mol. The lowest BCUT2D eigenvalue weighted by atomic mass is 9.80. The smallest absolute Gasteiger partial charge is 0.245 e. The number of benzene rings is 1. The number of hydrogen-bond donors (Lipinski definition) is 1. The maximum atomic E-state index is 12.4. The third-order valence-electron chi connectivity index (χ3n) is 6.24. The summed E-state index contributed by atoms with van der Waals surface area (Å²) in [5.74, 6) is 0.549. The number of nitrogens with zero attached hydrogens (tertiary/aromatic N) is 6. The topological polar surface area (TPSA) is 80.4 Å². The van der Waals surface area contributed by atoms with Crippen molar-refractivity contribution < 1.29 is 4.79 Å². The van der Waals surface area contributed by atoms with Gasteiger partial charge in [-0.15, -0.1) is 5.10 Å². The van der Waals surface area contributed by atoms with Gasteiger partial charge in [0.2, 0.25) is 11.9 Å². The molecular weight excluding hydrogens is 402 g/mol. The molecule has 8 heteroatoms. The van der Waals surface area contributed by atoms with Gasteiger partial charge in [0.05, 0.1) is 23.6 Å². The van der Waals surface area contributed by atoms with Crippen LogP contribution in [0.15, 0.2) is 48.9 Å². The minimum absolute atomic E-state index is 0.0111. The molecule has 0 radical (unpaired) electrons. The van der Waals surface area contributed by atoms with Gasteiger partial charge in [0.15, 0.2) is 0 Å². The molecular formula is C24H27N7O. The van der Waals surface area contributed by atoms with Gasteiger partial charge in [-0.25, -0.2) is 9.50 Å². The highest BCUT2D eigenvalue weighted by Crippen LogP contribution is 2.40. The van der Waals surface area contributed by atoms with E-state index in [9.17, 15) is 4.79 Å². The Labute approximate surface area is 186 Å². The Balaban J connectivity index is 1.52. The van der Waals surface area contributed by atoms with Crippen LogP contribution in [0, 0.1) is 0 Å². The third kappa shape index (κ3) is 3.51. The Morgan fingerprint density at radius 2 is 2.00 bits per heavy atom. The van der Waals surface area contributed by atoms with E-state index in [0.717, 1.165) is 47.5 Å². The second kappa shape index (κ2) is 7.47. The van der Waals surface area contributed by atoms with Gasteiger partial charge in [-0.2, -0.15) is 5.10 Å². The molecule has 0 saturated heterocycles. The maximum Gasteiger partial charge on any atom is 0.245 e. The zero-order valence-corrected chi connectivity index (χ0v) is 18.8. The van der Waals surface area contributed by atoms with Gasteiger partial charge in [-0.3, -0.25) is 9.48 Å². The number of amides is 1. The highest BCUT2D eigenvalue weighted by Gasteiger charge is 2.30. The highest BCUT2D eigenvalue weighted by atomic mass is 16.2. The van der Waals surface area contributed by atoms with Gasteiger partial charge >= 0.3 is 0 Å². The lowest BCUT2D eigenvalue weighted by Gasteiger charge is -2.27. The summed E-state index contributed by atoms with van der Waals surface area (Å²) < 4.78 is 3.63. The van der Waals surface area contributed by atoms with Crippen LogP contribution >= 0.6 is 0 Å². The van der Waals surface area contributed by atoms with E-state index >= 15 is 0 Å². The van der Waals surface area contributed by atoms with Gasteiger partial charge in [0.25, 0.3) is 0 Å². The van der Waals surface area contributed by atoms with Crippen LogP contribution in [-0.2, 0) is 17.3 Å². The summed E-state index contributed by atoms with van der Waals surface area (Å²) in [6.45, 7) is 6.85. The Bertz CT molecular complexity index is 1320. The molecule has 0 aliphatic carbocycles. The second-order valence-electron chi connectivity index (χ2n) is 9.05. The van der Waals surface area contributed by atoms with E-state index < -0.39 is 0 Å². The number of fused-ring (bicyclic) bond motifs is 2. The molecule has 1 aliphatic rings. The lowest BCUT2D eigenvalue weighted by molar-refractivity contribution is -0.116. The molecule has 1 amide bonds. The van der Waals surface area contributed by atoms with E-state index in [2.05, 4.69) is 35.3 Å². The van der Waals surface area contributed by atoms with Crippen molar-refractivity contribution in [3.63, 3.8) is 0 Å². The molecule has 4 heterocycles. The van der Waals surface area contributed by atoms with Crippen LogP contribution in [0.25, 0.3) is 16.8 Å². The quantitative estimate of drug-likeness (QED) is 0.525. The third-order valence-corrected chi connectivity index (χ3v) is 6.24. The fourth-order valence-corrected chi connectivity index (χ4v) is 4.53. The van der Waals surface area contributed by atoms with Crippen LogP contribution in [0.3, 0.4) is 0 Å². The molecule has 0 bridgehead atoms. The van der Waals surface area contributed by atoms with Crippen molar-refractivity contribution in [1.29, 1.82) is 0 Å². The molecule has 164 valence electrons. The SMILES string of the molecule is CC(=O)N1CCCC(C)(C)c2ccc(Nc3ncc4ccc(-c5cnn(C)c5)n4n3)cc21. The molecule has 1 aliphatic heterocycles. The summed E-state index contributed by atoms with van der Waals surface area (Å²) in [5.41, 5.74) is 5.85. The van der Waals surface area contributed by atoms with Crippen molar-refractivity contribution in [3.05, 3.63) is 54.5 Å². The van der Waals surface area contributed by atoms with Crippen molar-refractivity contribution in [3.8, 4) is 11.3 Å². The summed E-state index contributed by atoms with van der Waals surface area (Å²) in [6, 6.07) is 10.2. The van der Waals surface area contributed by atoms with E-state index in [0.29, 0.717) is 5.95 Å². The standard InChI is InChI=1S/C24H27N7O/c1-16(32)30-11-5-10-24(2,3)20-8-6-18(12-22(20)30)27-23-25-14-19-7-9-21(31(19)28-23)17-13-26-29(4)15-17/h6-9,12-15H,5,10-11H2,1-4H3,(H,27,28). The molecule has 0 spiro atoms. The molecule has 1 N–H and O–H groups in total. The maximum absolute atomic E-state index is 12.4. The Morgan fingerprint density at radius 1 is 1.16 bits per heavy atom. The average Bonchev–Trinajstić information content (AvgIpc) is 3.33. The van der Waals surface area contributed by atoms with Crippen LogP contribution in [0.5, 0.6) is 0 Å². The van der Waals surface area contributed by atoms with Crippen molar-refractivity contribution in [2.24, 2.45) is 7.05 Å². The van der Waals surface area contributed by atoms with Crippen LogP contribution in [0.4, 0.5) is 17.3 Å². The lowest BCUT2D eigenvalue weighted by Crippen LogP contribution is -2.29. The number of rotatable bonds is 3. The molecule has 4 aromatic rings. The molecule has 1 aromatic carbocycles. The van der Waals surface area contributed by atoms with Crippen molar-refractivity contribution in [1.82, 2.24) is 24.4 Å². The minimum atomic E-state index is 0.0111. The fourth-order valence-electron chi connectivity index (χ4n) is 4.53. The molecule has 32 heavy (non-hydrogen) atoms. The normalized spacial score (nSPS) is 15.4. The van der Waals surface area contributed by atoms with Gasteiger partial charge in [-0.05, 0) is 48.1 Å². The molecule has 8 nitrogen and oxygen atoms in total. The Kier molecular flexibility index (Phi) is 4.73. The predicted octanol–water partition coefficient (Wildman–Crippen LogP) is 4.30. The number of aryl methyl sites for hydroxylation is 1. The minimum Gasteiger partial charge on any atom is -0.323 e. The first-order valence-electron chi connectivity index (χ1n) is 10.9.